The lowest BCUT2D eigenvalue weighted by molar-refractivity contribution is 0.158. The highest BCUT2D eigenvalue weighted by atomic mass is 16.5. The zero-order chi connectivity index (χ0) is 13.2. The molecule has 0 radical (unpaired) electrons. The van der Waals surface area contributed by atoms with Gasteiger partial charge in [-0.05, 0) is 71.2 Å². The zero-order valence-electron chi connectivity index (χ0n) is 12.2. The van der Waals surface area contributed by atoms with Crippen LogP contribution in [0.3, 0.4) is 0 Å². The number of piperidine rings is 1. The van der Waals surface area contributed by atoms with E-state index in [2.05, 4.69) is 17.3 Å². The summed E-state index contributed by atoms with van der Waals surface area (Å²) in [6.07, 6.45) is 6.22. The largest absolute Gasteiger partial charge is 0.383 e. The van der Waals surface area contributed by atoms with Crippen LogP contribution in [-0.4, -0.2) is 57.9 Å². The van der Waals surface area contributed by atoms with Crippen molar-refractivity contribution in [1.82, 2.24) is 10.2 Å². The second-order valence-corrected chi connectivity index (χ2v) is 5.57. The Morgan fingerprint density at radius 2 is 2.11 bits per heavy atom. The average molecular weight is 257 g/mol. The van der Waals surface area contributed by atoms with E-state index >= 15 is 0 Å². The molecule has 1 aliphatic heterocycles. The molecule has 1 aliphatic rings. The van der Waals surface area contributed by atoms with Crippen molar-refractivity contribution in [2.45, 2.75) is 38.1 Å². The predicted octanol–water partition coefficient (Wildman–Crippen LogP) is 1.06. The number of methoxy groups -OCH3 is 1. The highest BCUT2D eigenvalue weighted by molar-refractivity contribution is 4.73. The number of likely N-dealkylation sites (tertiary alicyclic amines) is 1. The monoisotopic (exact) mass is 257 g/mol. The molecule has 1 atom stereocenters. The van der Waals surface area contributed by atoms with Gasteiger partial charge in [0.05, 0.1) is 6.61 Å². The predicted molar refractivity (Wildman–Crippen MR) is 76.8 cm³/mol. The summed E-state index contributed by atoms with van der Waals surface area (Å²) in [6.45, 7) is 5.22. The number of hydrogen-bond donors (Lipinski definition) is 2. The van der Waals surface area contributed by atoms with Crippen molar-refractivity contribution < 1.29 is 4.74 Å². The summed E-state index contributed by atoms with van der Waals surface area (Å²) in [7, 11) is 3.99. The van der Waals surface area contributed by atoms with Crippen LogP contribution in [0, 0.1) is 5.92 Å². The Balaban J connectivity index is 2.09. The maximum absolute atomic E-state index is 5.56. The lowest BCUT2D eigenvalue weighted by Crippen LogP contribution is -2.36. The van der Waals surface area contributed by atoms with Gasteiger partial charge in [-0.2, -0.15) is 0 Å². The molecular weight excluding hydrogens is 226 g/mol. The Kier molecular flexibility index (Phi) is 8.59. The third-order valence-electron chi connectivity index (χ3n) is 3.95. The van der Waals surface area contributed by atoms with E-state index in [1.165, 1.54) is 32.4 Å². The van der Waals surface area contributed by atoms with Crippen molar-refractivity contribution in [2.24, 2.45) is 11.7 Å². The number of rotatable bonds is 9. The van der Waals surface area contributed by atoms with E-state index in [1.807, 2.05) is 0 Å². The molecule has 0 bridgehead atoms. The Morgan fingerprint density at radius 1 is 1.39 bits per heavy atom. The minimum Gasteiger partial charge on any atom is -0.383 e. The van der Waals surface area contributed by atoms with Gasteiger partial charge in [0.1, 0.15) is 0 Å². The highest BCUT2D eigenvalue weighted by Crippen LogP contribution is 2.18. The normalized spacial score (nSPS) is 20.2. The average Bonchev–Trinajstić information content (AvgIpc) is 2.38. The van der Waals surface area contributed by atoms with Crippen LogP contribution >= 0.6 is 0 Å². The van der Waals surface area contributed by atoms with Crippen LogP contribution in [0.15, 0.2) is 0 Å². The third-order valence-corrected chi connectivity index (χ3v) is 3.95. The first-order valence-electron chi connectivity index (χ1n) is 7.37. The molecule has 108 valence electrons. The van der Waals surface area contributed by atoms with Crippen LogP contribution in [0.5, 0.6) is 0 Å². The molecule has 0 aromatic carbocycles. The Morgan fingerprint density at radius 3 is 2.72 bits per heavy atom. The molecule has 0 aliphatic carbocycles. The van der Waals surface area contributed by atoms with Gasteiger partial charge in [0, 0.05) is 13.2 Å². The molecule has 18 heavy (non-hydrogen) atoms. The topological polar surface area (TPSA) is 50.5 Å². The van der Waals surface area contributed by atoms with Crippen molar-refractivity contribution in [3.05, 3.63) is 0 Å². The molecule has 0 saturated carbocycles. The van der Waals surface area contributed by atoms with E-state index in [0.717, 1.165) is 38.5 Å². The van der Waals surface area contributed by atoms with E-state index in [9.17, 15) is 0 Å². The van der Waals surface area contributed by atoms with Gasteiger partial charge < -0.3 is 20.7 Å². The summed E-state index contributed by atoms with van der Waals surface area (Å²) in [5, 5.41) is 3.62. The molecule has 0 aromatic heterocycles. The van der Waals surface area contributed by atoms with Crippen LogP contribution in [0.2, 0.25) is 0 Å². The molecule has 1 fully saturated rings. The molecule has 0 spiro atoms. The molecule has 0 amide bonds. The van der Waals surface area contributed by atoms with Gasteiger partial charge in [-0.15, -0.1) is 0 Å². The van der Waals surface area contributed by atoms with Gasteiger partial charge in [-0.3, -0.25) is 0 Å². The van der Waals surface area contributed by atoms with Crippen molar-refractivity contribution in [2.75, 3.05) is 46.9 Å². The fourth-order valence-corrected chi connectivity index (χ4v) is 2.65. The number of nitrogens with one attached hydrogen (secondary N) is 1. The molecule has 0 aromatic rings. The molecule has 1 rings (SSSR count). The molecule has 4 heteroatoms. The minimum atomic E-state index is 0.477. The van der Waals surface area contributed by atoms with E-state index in [4.69, 9.17) is 10.5 Å². The SMILES string of the molecule is COCC(CCCN)NCCC1CCN(C)CC1. The molecular formula is C14H31N3O. The minimum absolute atomic E-state index is 0.477. The fraction of sp³-hybridized carbons (Fsp3) is 1.00. The van der Waals surface area contributed by atoms with Crippen LogP contribution in [0.25, 0.3) is 0 Å². The Hall–Kier alpha value is -0.160. The first kappa shape index (κ1) is 15.9. The smallest absolute Gasteiger partial charge is 0.0615 e. The van der Waals surface area contributed by atoms with Crippen molar-refractivity contribution in [3.63, 3.8) is 0 Å². The maximum Gasteiger partial charge on any atom is 0.0615 e. The summed E-state index contributed by atoms with van der Waals surface area (Å²) in [5.74, 6) is 0.909. The lowest BCUT2D eigenvalue weighted by Gasteiger charge is -2.29. The van der Waals surface area contributed by atoms with Crippen molar-refractivity contribution in [1.29, 1.82) is 0 Å². The van der Waals surface area contributed by atoms with Gasteiger partial charge in [0.15, 0.2) is 0 Å². The van der Waals surface area contributed by atoms with Crippen molar-refractivity contribution in [3.8, 4) is 0 Å². The maximum atomic E-state index is 5.56. The quantitative estimate of drug-likeness (QED) is 0.648. The fourth-order valence-electron chi connectivity index (χ4n) is 2.65. The number of nitrogens with zero attached hydrogens (tertiary/aromatic N) is 1. The van der Waals surface area contributed by atoms with Gasteiger partial charge in [0.25, 0.3) is 0 Å². The first-order valence-corrected chi connectivity index (χ1v) is 7.37. The molecule has 3 N–H and O–H groups in total. The summed E-state index contributed by atoms with van der Waals surface area (Å²) >= 11 is 0. The van der Waals surface area contributed by atoms with Crippen LogP contribution in [0.4, 0.5) is 0 Å². The van der Waals surface area contributed by atoms with Gasteiger partial charge >= 0.3 is 0 Å². The number of nitrogens with two attached hydrogens (primary N) is 1. The van der Waals surface area contributed by atoms with Crippen LogP contribution in [-0.2, 0) is 4.74 Å². The number of ether oxygens (including phenoxy) is 1. The zero-order valence-corrected chi connectivity index (χ0v) is 12.2. The molecule has 1 saturated heterocycles. The van der Waals surface area contributed by atoms with Crippen LogP contribution < -0.4 is 11.1 Å². The van der Waals surface area contributed by atoms with E-state index in [0.29, 0.717) is 6.04 Å². The summed E-state index contributed by atoms with van der Waals surface area (Å²) in [6, 6.07) is 0.477. The van der Waals surface area contributed by atoms with Gasteiger partial charge in [-0.1, -0.05) is 0 Å². The van der Waals surface area contributed by atoms with E-state index in [1.54, 1.807) is 7.11 Å². The summed E-state index contributed by atoms with van der Waals surface area (Å²) in [5.41, 5.74) is 5.56. The Bertz CT molecular complexity index is 193. The van der Waals surface area contributed by atoms with E-state index in [-0.39, 0.29) is 0 Å². The van der Waals surface area contributed by atoms with Crippen molar-refractivity contribution >= 4 is 0 Å². The second-order valence-electron chi connectivity index (χ2n) is 5.57. The van der Waals surface area contributed by atoms with Crippen LogP contribution in [0.1, 0.15) is 32.1 Å². The molecule has 4 nitrogen and oxygen atoms in total. The summed E-state index contributed by atoms with van der Waals surface area (Å²) in [4.78, 5) is 2.43. The number of hydrogen-bond acceptors (Lipinski definition) is 4. The van der Waals surface area contributed by atoms with E-state index < -0.39 is 0 Å². The first-order chi connectivity index (χ1) is 8.76. The third kappa shape index (κ3) is 6.69. The highest BCUT2D eigenvalue weighted by Gasteiger charge is 2.16. The van der Waals surface area contributed by atoms with Gasteiger partial charge in [0.2, 0.25) is 0 Å². The standard InChI is InChI=1S/C14H31N3O/c1-17-10-6-13(7-11-17)5-9-16-14(12-18-2)4-3-8-15/h13-14,16H,3-12,15H2,1-2H3. The lowest BCUT2D eigenvalue weighted by atomic mass is 9.94. The molecule has 1 unspecified atom stereocenters. The Labute approximate surface area is 112 Å². The molecule has 1 heterocycles. The second kappa shape index (κ2) is 9.73. The summed E-state index contributed by atoms with van der Waals surface area (Å²) < 4.78 is 5.25. The van der Waals surface area contributed by atoms with Gasteiger partial charge in [-0.25, -0.2) is 0 Å².